The summed E-state index contributed by atoms with van der Waals surface area (Å²) in [5.41, 5.74) is -1.09. The van der Waals surface area contributed by atoms with Crippen LogP contribution >= 0.6 is 23.4 Å². The summed E-state index contributed by atoms with van der Waals surface area (Å²) in [7, 11) is -4.39. The maximum Gasteiger partial charge on any atom is 0.264 e. The molecule has 2 saturated heterocycles. The number of nitrogens with one attached hydrogen (secondary N) is 2. The van der Waals surface area contributed by atoms with E-state index in [2.05, 4.69) is 5.32 Å². The van der Waals surface area contributed by atoms with Crippen LogP contribution in [0.25, 0.3) is 0 Å². The van der Waals surface area contributed by atoms with Gasteiger partial charge in [-0.15, -0.1) is 11.8 Å². The Labute approximate surface area is 235 Å². The Morgan fingerprint density at radius 3 is 2.59 bits per heavy atom. The molecule has 2 aliphatic heterocycles. The van der Waals surface area contributed by atoms with Crippen LogP contribution in [0.1, 0.15) is 26.2 Å². The average molecular weight is 606 g/mol. The third kappa shape index (κ3) is 7.81. The number of halogens is 4. The van der Waals surface area contributed by atoms with E-state index >= 15 is 4.39 Å². The Balaban J connectivity index is 1.47. The van der Waals surface area contributed by atoms with E-state index in [0.717, 1.165) is 17.0 Å². The number of carbonyl (C=O) groups excluding carboxylic acids is 1. The minimum absolute atomic E-state index is 0.0775. The summed E-state index contributed by atoms with van der Waals surface area (Å²) in [6, 6.07) is 7.57. The number of benzene rings is 2. The molecule has 4 rings (SSSR count). The number of amides is 1. The van der Waals surface area contributed by atoms with Crippen molar-refractivity contribution < 1.29 is 31.1 Å². The third-order valence-corrected chi connectivity index (χ3v) is 9.64. The van der Waals surface area contributed by atoms with Gasteiger partial charge >= 0.3 is 0 Å². The number of nitrogens with zero attached hydrogens (tertiary/aromatic N) is 1. The Bertz CT molecular complexity index is 1250. The molecule has 0 saturated carbocycles. The van der Waals surface area contributed by atoms with Crippen LogP contribution in [-0.4, -0.2) is 70.0 Å². The minimum atomic E-state index is -4.39. The summed E-state index contributed by atoms with van der Waals surface area (Å²) in [5, 5.41) is 2.90. The van der Waals surface area contributed by atoms with Crippen LogP contribution in [0.4, 0.5) is 18.9 Å². The number of hydrogen-bond acceptors (Lipinski definition) is 7. The lowest BCUT2D eigenvalue weighted by molar-refractivity contribution is -0.135. The SMILES string of the molecule is CC1(C(=O)NS(=O)(=O)c2cc(F)c(N[C@H](CCN3CC(F)C3)CSc3ccc(F)cc3)c(Cl)c2)CCCOC1. The van der Waals surface area contributed by atoms with Crippen LogP contribution in [0.5, 0.6) is 0 Å². The molecule has 2 aliphatic rings. The van der Waals surface area contributed by atoms with Gasteiger partial charge in [-0.05, 0) is 62.6 Å². The largest absolute Gasteiger partial charge is 0.380 e. The van der Waals surface area contributed by atoms with Crippen LogP contribution in [0.3, 0.4) is 0 Å². The number of ether oxygens (including phenoxy) is 1. The fourth-order valence-electron chi connectivity index (χ4n) is 4.42. The fraction of sp³-hybridized carbons (Fsp3) is 0.500. The van der Waals surface area contributed by atoms with Crippen molar-refractivity contribution >= 4 is 45.0 Å². The van der Waals surface area contributed by atoms with Gasteiger partial charge in [0.25, 0.3) is 10.0 Å². The molecule has 2 N–H and O–H groups in total. The van der Waals surface area contributed by atoms with E-state index in [4.69, 9.17) is 16.3 Å². The highest BCUT2D eigenvalue weighted by Gasteiger charge is 2.38. The Morgan fingerprint density at radius 2 is 1.97 bits per heavy atom. The van der Waals surface area contributed by atoms with Crippen molar-refractivity contribution in [1.82, 2.24) is 9.62 Å². The van der Waals surface area contributed by atoms with Gasteiger partial charge < -0.3 is 10.1 Å². The second-order valence-electron chi connectivity index (χ2n) is 10.2. The van der Waals surface area contributed by atoms with Crippen molar-refractivity contribution in [2.75, 3.05) is 43.9 Å². The van der Waals surface area contributed by atoms with Crippen LogP contribution in [0, 0.1) is 17.0 Å². The summed E-state index contributed by atoms with van der Waals surface area (Å²) < 4.78 is 74.9. The summed E-state index contributed by atoms with van der Waals surface area (Å²) >= 11 is 7.78. The lowest BCUT2D eigenvalue weighted by atomic mass is 9.84. The minimum Gasteiger partial charge on any atom is -0.380 e. The molecule has 1 unspecified atom stereocenters. The van der Waals surface area contributed by atoms with Gasteiger partial charge in [-0.3, -0.25) is 9.69 Å². The Kier molecular flexibility index (Phi) is 9.74. The number of carbonyl (C=O) groups is 1. The van der Waals surface area contributed by atoms with Crippen LogP contribution < -0.4 is 10.0 Å². The first-order valence-electron chi connectivity index (χ1n) is 12.6. The first-order chi connectivity index (χ1) is 18.4. The molecule has 2 heterocycles. The van der Waals surface area contributed by atoms with E-state index < -0.39 is 38.2 Å². The molecule has 2 aromatic carbocycles. The second-order valence-corrected chi connectivity index (χ2v) is 13.3. The molecule has 7 nitrogen and oxygen atoms in total. The Morgan fingerprint density at radius 1 is 1.26 bits per heavy atom. The monoisotopic (exact) mass is 605 g/mol. The maximum absolute atomic E-state index is 15.3. The van der Waals surface area contributed by atoms with Gasteiger partial charge in [0.2, 0.25) is 5.91 Å². The average Bonchev–Trinajstić information content (AvgIpc) is 2.87. The third-order valence-electron chi connectivity index (χ3n) is 6.86. The number of alkyl halides is 1. The van der Waals surface area contributed by atoms with Crippen LogP contribution in [0.2, 0.25) is 5.02 Å². The van der Waals surface area contributed by atoms with E-state index in [0.29, 0.717) is 51.3 Å². The van der Waals surface area contributed by atoms with E-state index in [-0.39, 0.29) is 29.2 Å². The highest BCUT2D eigenvalue weighted by atomic mass is 35.5. The zero-order valence-electron chi connectivity index (χ0n) is 21.4. The van der Waals surface area contributed by atoms with Gasteiger partial charge in [0.1, 0.15) is 17.8 Å². The molecule has 0 aromatic heterocycles. The molecule has 1 amide bonds. The molecule has 2 aromatic rings. The van der Waals surface area contributed by atoms with Crippen molar-refractivity contribution in [1.29, 1.82) is 0 Å². The Hall–Kier alpha value is -1.99. The topological polar surface area (TPSA) is 87.7 Å². The molecule has 2 fully saturated rings. The van der Waals surface area contributed by atoms with E-state index in [9.17, 15) is 22.0 Å². The number of rotatable bonds is 11. The number of anilines is 1. The molecule has 2 atom stereocenters. The number of likely N-dealkylation sites (tertiary alicyclic amines) is 1. The number of hydrogen-bond donors (Lipinski definition) is 2. The molecule has 214 valence electrons. The van der Waals surface area contributed by atoms with Crippen molar-refractivity contribution in [2.45, 2.75) is 48.2 Å². The fourth-order valence-corrected chi connectivity index (χ4v) is 6.86. The van der Waals surface area contributed by atoms with Gasteiger partial charge in [-0.1, -0.05) is 11.6 Å². The molecule has 0 radical (unpaired) electrons. The summed E-state index contributed by atoms with van der Waals surface area (Å²) in [5.74, 6) is -1.51. The highest BCUT2D eigenvalue weighted by Crippen LogP contribution is 2.33. The van der Waals surface area contributed by atoms with E-state index in [1.165, 1.54) is 23.9 Å². The van der Waals surface area contributed by atoms with Crippen molar-refractivity contribution in [2.24, 2.45) is 5.41 Å². The van der Waals surface area contributed by atoms with Crippen LogP contribution in [0.15, 0.2) is 46.2 Å². The van der Waals surface area contributed by atoms with E-state index in [1.807, 2.05) is 9.62 Å². The van der Waals surface area contributed by atoms with Crippen molar-refractivity contribution in [3.8, 4) is 0 Å². The summed E-state index contributed by atoms with van der Waals surface area (Å²) in [4.78, 5) is 15.0. The lowest BCUT2D eigenvalue weighted by Gasteiger charge is -2.35. The van der Waals surface area contributed by atoms with Gasteiger partial charge in [0.15, 0.2) is 0 Å². The quantitative estimate of drug-likeness (QED) is 0.354. The normalized spacial score (nSPS) is 21.3. The van der Waals surface area contributed by atoms with Gasteiger partial charge in [-0.2, -0.15) is 0 Å². The van der Waals surface area contributed by atoms with Crippen molar-refractivity contribution in [3.63, 3.8) is 0 Å². The molecular weight excluding hydrogens is 575 g/mol. The van der Waals surface area contributed by atoms with Gasteiger partial charge in [-0.25, -0.2) is 26.3 Å². The summed E-state index contributed by atoms with van der Waals surface area (Å²) in [6.07, 6.45) is 0.776. The molecule has 0 bridgehead atoms. The maximum atomic E-state index is 15.3. The van der Waals surface area contributed by atoms with Crippen molar-refractivity contribution in [3.05, 3.63) is 53.1 Å². The highest BCUT2D eigenvalue weighted by molar-refractivity contribution is 7.99. The van der Waals surface area contributed by atoms with Gasteiger partial charge in [0, 0.05) is 42.9 Å². The standard InChI is InChI=1S/C26H31ClF3N3O4S2/c1-26(8-2-10-37-16-26)25(34)32-39(35,36)21-11-22(27)24(23(30)12-21)31-19(7-9-33-13-18(29)14-33)15-38-20-5-3-17(28)4-6-20/h3-6,11-12,18-19,31H,2,7-10,13-16H2,1H3,(H,32,34)/t19-,26?/m1/s1. The first kappa shape index (κ1) is 30.0. The number of sulfonamides is 1. The molecular formula is C26H31ClF3N3O4S2. The molecule has 0 aliphatic carbocycles. The molecule has 39 heavy (non-hydrogen) atoms. The first-order valence-corrected chi connectivity index (χ1v) is 15.5. The zero-order chi connectivity index (χ0) is 28.2. The summed E-state index contributed by atoms with van der Waals surface area (Å²) in [6.45, 7) is 3.47. The molecule has 13 heteroatoms. The predicted octanol–water partition coefficient (Wildman–Crippen LogP) is 4.86. The van der Waals surface area contributed by atoms with E-state index in [1.54, 1.807) is 19.1 Å². The lowest BCUT2D eigenvalue weighted by Crippen LogP contribution is -2.49. The second kappa shape index (κ2) is 12.7. The smallest absolute Gasteiger partial charge is 0.264 e. The number of thioether (sulfide) groups is 1. The zero-order valence-corrected chi connectivity index (χ0v) is 23.8. The van der Waals surface area contributed by atoms with Gasteiger partial charge in [0.05, 0.1) is 27.6 Å². The predicted molar refractivity (Wildman–Crippen MR) is 145 cm³/mol. The molecule has 0 spiro atoms. The van der Waals surface area contributed by atoms with Crippen LogP contribution in [-0.2, 0) is 19.6 Å².